The van der Waals surface area contributed by atoms with Crippen molar-refractivity contribution in [2.24, 2.45) is 0 Å². The number of nitrogen functional groups attached to an aromatic ring is 1. The molecule has 0 amide bonds. The Kier molecular flexibility index (Phi) is 5.70. The minimum Gasteiger partial charge on any atom is -0.398 e. The molecule has 66 valence electrons. The molecule has 0 aromatic heterocycles. The maximum Gasteiger partial charge on any atom is 0.101 e. The summed E-state index contributed by atoms with van der Waals surface area (Å²) in [7, 11) is 0. The first-order valence-corrected chi connectivity index (χ1v) is 4.88. The van der Waals surface area contributed by atoms with Crippen LogP contribution in [0.5, 0.6) is 0 Å². The summed E-state index contributed by atoms with van der Waals surface area (Å²) in [6.45, 7) is 4.00. The molecule has 0 unspecified atom stereocenters. The average Bonchev–Trinajstić information content (AvgIpc) is 2.08. The summed E-state index contributed by atoms with van der Waals surface area (Å²) >= 11 is 1.94. The zero-order valence-corrected chi connectivity index (χ0v) is 9.42. The van der Waals surface area contributed by atoms with E-state index in [4.69, 9.17) is 11.1 Å². The summed E-state index contributed by atoms with van der Waals surface area (Å²) in [6, 6.07) is 7.37. The predicted octanol–water partition coefficient (Wildman–Crippen LogP) is 3.06. The van der Waals surface area contributed by atoms with E-state index in [9.17, 15) is 0 Å². The van der Waals surface area contributed by atoms with Gasteiger partial charge in [-0.25, -0.2) is 0 Å². The minimum absolute atomic E-state index is 0.482. The molecule has 3 heteroatoms. The van der Waals surface area contributed by atoms with Gasteiger partial charge in [0.15, 0.2) is 0 Å². The third-order valence-corrected chi connectivity index (χ3v) is 1.78. The average molecular weight is 276 g/mol. The van der Waals surface area contributed by atoms with Gasteiger partial charge in [0.1, 0.15) is 3.72 Å². The lowest BCUT2D eigenvalue weighted by molar-refractivity contribution is 1.50. The summed E-state index contributed by atoms with van der Waals surface area (Å²) < 4.78 is 0.482. The highest BCUT2D eigenvalue weighted by atomic mass is 127. The van der Waals surface area contributed by atoms with Crippen LogP contribution in [0.4, 0.5) is 5.69 Å². The van der Waals surface area contributed by atoms with E-state index >= 15 is 0 Å². The van der Waals surface area contributed by atoms with Crippen LogP contribution in [-0.4, -0.2) is 3.72 Å². The number of benzene rings is 1. The van der Waals surface area contributed by atoms with E-state index in [1.165, 1.54) is 0 Å². The molecule has 12 heavy (non-hydrogen) atoms. The standard InChI is InChI=1S/C7H7IN2.C2H6/c8-7(10)5-3-1-2-4-6(5)9;1-2/h1-4,10H,9H2;1-2H3. The maximum absolute atomic E-state index is 7.28. The number of anilines is 1. The van der Waals surface area contributed by atoms with Crippen molar-refractivity contribution >= 4 is 32.0 Å². The molecule has 2 nitrogen and oxygen atoms in total. The molecule has 0 aliphatic carbocycles. The van der Waals surface area contributed by atoms with Gasteiger partial charge in [-0.2, -0.15) is 0 Å². The summed E-state index contributed by atoms with van der Waals surface area (Å²) in [6.07, 6.45) is 0. The van der Waals surface area contributed by atoms with Crippen molar-refractivity contribution in [2.75, 3.05) is 5.73 Å². The molecule has 0 aliphatic rings. The molecule has 0 atom stereocenters. The largest absolute Gasteiger partial charge is 0.398 e. The summed E-state index contributed by atoms with van der Waals surface area (Å²) in [5.74, 6) is 0. The number of nitrogens with one attached hydrogen (secondary N) is 1. The van der Waals surface area contributed by atoms with Crippen molar-refractivity contribution in [3.05, 3.63) is 29.8 Å². The normalized spacial score (nSPS) is 8.25. The van der Waals surface area contributed by atoms with E-state index < -0.39 is 0 Å². The molecule has 0 radical (unpaired) electrons. The zero-order chi connectivity index (χ0) is 9.56. The number of hydrogen-bond donors (Lipinski definition) is 2. The van der Waals surface area contributed by atoms with E-state index in [2.05, 4.69) is 0 Å². The summed E-state index contributed by atoms with van der Waals surface area (Å²) in [4.78, 5) is 0. The Morgan fingerprint density at radius 2 is 1.83 bits per heavy atom. The van der Waals surface area contributed by atoms with E-state index in [1.54, 1.807) is 6.07 Å². The van der Waals surface area contributed by atoms with Crippen molar-refractivity contribution in [1.29, 1.82) is 5.41 Å². The maximum atomic E-state index is 7.28. The van der Waals surface area contributed by atoms with Gasteiger partial charge >= 0.3 is 0 Å². The summed E-state index contributed by atoms with van der Waals surface area (Å²) in [5.41, 5.74) is 7.05. The van der Waals surface area contributed by atoms with Crippen LogP contribution in [0.25, 0.3) is 0 Å². The number of halogens is 1. The first kappa shape index (κ1) is 11.4. The zero-order valence-electron chi connectivity index (χ0n) is 7.26. The molecule has 0 heterocycles. The number of nitrogens with two attached hydrogens (primary N) is 1. The molecule has 1 aromatic rings. The van der Waals surface area contributed by atoms with Crippen LogP contribution in [0.3, 0.4) is 0 Å². The Labute approximate surface area is 86.8 Å². The van der Waals surface area contributed by atoms with Gasteiger partial charge in [-0.1, -0.05) is 32.0 Å². The number of para-hydroxylation sites is 1. The SMILES string of the molecule is CC.N=C(I)c1ccccc1N. The topological polar surface area (TPSA) is 49.9 Å². The van der Waals surface area contributed by atoms with Crippen molar-refractivity contribution in [2.45, 2.75) is 13.8 Å². The van der Waals surface area contributed by atoms with Crippen molar-refractivity contribution < 1.29 is 0 Å². The lowest BCUT2D eigenvalue weighted by Crippen LogP contribution is -1.95. The third kappa shape index (κ3) is 3.21. The molecule has 1 rings (SSSR count). The van der Waals surface area contributed by atoms with Crippen molar-refractivity contribution in [3.63, 3.8) is 0 Å². The van der Waals surface area contributed by atoms with E-state index in [0.29, 0.717) is 9.41 Å². The molecule has 0 spiro atoms. The third-order valence-electron chi connectivity index (χ3n) is 1.20. The molecular weight excluding hydrogens is 263 g/mol. The minimum atomic E-state index is 0.482. The Morgan fingerprint density at radius 3 is 2.17 bits per heavy atom. The number of hydrogen-bond acceptors (Lipinski definition) is 2. The van der Waals surface area contributed by atoms with Crippen LogP contribution >= 0.6 is 22.6 Å². The van der Waals surface area contributed by atoms with Crippen LogP contribution in [0.1, 0.15) is 19.4 Å². The molecular formula is C9H13IN2. The predicted molar refractivity (Wildman–Crippen MR) is 63.1 cm³/mol. The lowest BCUT2D eigenvalue weighted by Gasteiger charge is -1.99. The molecule has 0 aliphatic heterocycles. The van der Waals surface area contributed by atoms with Crippen LogP contribution in [0.2, 0.25) is 0 Å². The van der Waals surface area contributed by atoms with Gasteiger partial charge in [0.05, 0.1) is 0 Å². The molecule has 0 fully saturated rings. The van der Waals surface area contributed by atoms with Crippen LogP contribution in [0.15, 0.2) is 24.3 Å². The highest BCUT2D eigenvalue weighted by molar-refractivity contribution is 14.1. The van der Waals surface area contributed by atoms with E-state index in [-0.39, 0.29) is 0 Å². The molecule has 1 aromatic carbocycles. The van der Waals surface area contributed by atoms with Crippen molar-refractivity contribution in [1.82, 2.24) is 0 Å². The summed E-state index contributed by atoms with van der Waals surface area (Å²) in [5, 5.41) is 7.28. The quantitative estimate of drug-likeness (QED) is 0.462. The van der Waals surface area contributed by atoms with Gasteiger partial charge in [0.2, 0.25) is 0 Å². The highest BCUT2D eigenvalue weighted by Gasteiger charge is 1.98. The molecule has 0 bridgehead atoms. The molecule has 3 N–H and O–H groups in total. The van der Waals surface area contributed by atoms with Gasteiger partial charge in [0, 0.05) is 11.3 Å². The Bertz CT molecular complexity index is 258. The Hall–Kier alpha value is -0.580. The van der Waals surface area contributed by atoms with Crippen LogP contribution < -0.4 is 5.73 Å². The Balaban J connectivity index is 0.000000561. The lowest BCUT2D eigenvalue weighted by atomic mass is 10.2. The van der Waals surface area contributed by atoms with Crippen LogP contribution in [0, 0.1) is 5.41 Å². The van der Waals surface area contributed by atoms with Crippen LogP contribution in [-0.2, 0) is 0 Å². The monoisotopic (exact) mass is 276 g/mol. The molecule has 0 saturated carbocycles. The second kappa shape index (κ2) is 5.99. The van der Waals surface area contributed by atoms with Gasteiger partial charge in [-0.05, 0) is 28.7 Å². The van der Waals surface area contributed by atoms with E-state index in [1.807, 2.05) is 54.6 Å². The second-order valence-corrected chi connectivity index (χ2v) is 2.98. The van der Waals surface area contributed by atoms with E-state index in [0.717, 1.165) is 5.56 Å². The fourth-order valence-corrected chi connectivity index (χ4v) is 1.19. The van der Waals surface area contributed by atoms with Gasteiger partial charge in [-0.3, -0.25) is 5.41 Å². The number of rotatable bonds is 1. The smallest absolute Gasteiger partial charge is 0.101 e. The van der Waals surface area contributed by atoms with Gasteiger partial charge in [0.25, 0.3) is 0 Å². The van der Waals surface area contributed by atoms with Crippen molar-refractivity contribution in [3.8, 4) is 0 Å². The fraction of sp³-hybridized carbons (Fsp3) is 0.222. The molecule has 0 saturated heterocycles. The fourth-order valence-electron chi connectivity index (χ4n) is 0.697. The Morgan fingerprint density at radius 1 is 1.33 bits per heavy atom. The highest BCUT2D eigenvalue weighted by Crippen LogP contribution is 2.13. The van der Waals surface area contributed by atoms with Gasteiger partial charge in [-0.15, -0.1) is 0 Å². The second-order valence-electron chi connectivity index (χ2n) is 1.90. The van der Waals surface area contributed by atoms with Gasteiger partial charge < -0.3 is 5.73 Å². The first-order chi connectivity index (χ1) is 5.72. The first-order valence-electron chi connectivity index (χ1n) is 3.81.